The molecule has 0 unspecified atom stereocenters. The van der Waals surface area contributed by atoms with Crippen molar-refractivity contribution in [2.45, 2.75) is 58.7 Å². The molecular formula is C24H31ClN2O3. The van der Waals surface area contributed by atoms with E-state index in [-0.39, 0.29) is 17.9 Å². The maximum atomic E-state index is 13.0. The Hall–Kier alpha value is -2.53. The minimum absolute atomic E-state index is 0.0618. The van der Waals surface area contributed by atoms with E-state index in [4.69, 9.17) is 16.3 Å². The molecule has 0 fully saturated rings. The van der Waals surface area contributed by atoms with Crippen LogP contribution in [0.1, 0.15) is 45.6 Å². The van der Waals surface area contributed by atoms with Gasteiger partial charge in [-0.2, -0.15) is 0 Å². The number of para-hydroxylation sites is 1. The van der Waals surface area contributed by atoms with Gasteiger partial charge >= 0.3 is 0 Å². The Morgan fingerprint density at radius 2 is 1.73 bits per heavy atom. The number of carbonyl (C=O) groups is 2. The number of benzene rings is 2. The van der Waals surface area contributed by atoms with Crippen LogP contribution in [0.5, 0.6) is 5.75 Å². The van der Waals surface area contributed by atoms with E-state index < -0.39 is 6.04 Å². The van der Waals surface area contributed by atoms with E-state index in [1.165, 1.54) is 0 Å². The van der Waals surface area contributed by atoms with Gasteiger partial charge in [-0.05, 0) is 56.5 Å². The third kappa shape index (κ3) is 7.71. The van der Waals surface area contributed by atoms with E-state index in [1.807, 2.05) is 56.3 Å². The molecule has 2 aromatic carbocycles. The minimum Gasteiger partial charge on any atom is -0.494 e. The summed E-state index contributed by atoms with van der Waals surface area (Å²) in [7, 11) is 0. The van der Waals surface area contributed by atoms with Gasteiger partial charge in [0.05, 0.1) is 6.61 Å². The summed E-state index contributed by atoms with van der Waals surface area (Å²) >= 11 is 5.97. The quantitative estimate of drug-likeness (QED) is 0.519. The highest BCUT2D eigenvalue weighted by Crippen LogP contribution is 2.16. The van der Waals surface area contributed by atoms with Crippen molar-refractivity contribution in [2.75, 3.05) is 6.61 Å². The largest absolute Gasteiger partial charge is 0.494 e. The van der Waals surface area contributed by atoms with Crippen LogP contribution in [-0.4, -0.2) is 35.4 Å². The molecule has 162 valence electrons. The maximum absolute atomic E-state index is 13.0. The molecule has 0 radical (unpaired) electrons. The first-order chi connectivity index (χ1) is 14.4. The number of nitrogens with zero attached hydrogens (tertiary/aromatic N) is 1. The number of ether oxygens (including phenoxy) is 1. The van der Waals surface area contributed by atoms with Gasteiger partial charge < -0.3 is 15.0 Å². The summed E-state index contributed by atoms with van der Waals surface area (Å²) in [4.78, 5) is 27.3. The second-order valence-corrected chi connectivity index (χ2v) is 7.84. The molecule has 0 heterocycles. The molecule has 0 aliphatic carbocycles. The molecule has 0 bridgehead atoms. The van der Waals surface area contributed by atoms with Crippen LogP contribution >= 0.6 is 11.6 Å². The Morgan fingerprint density at radius 3 is 2.37 bits per heavy atom. The molecule has 0 aromatic heterocycles. The fraction of sp³-hybridized carbons (Fsp3) is 0.417. The molecule has 30 heavy (non-hydrogen) atoms. The Labute approximate surface area is 184 Å². The van der Waals surface area contributed by atoms with Gasteiger partial charge in [0.1, 0.15) is 11.8 Å². The molecule has 0 spiro atoms. The Bertz CT molecular complexity index is 796. The number of rotatable bonds is 11. The first kappa shape index (κ1) is 23.7. The summed E-state index contributed by atoms with van der Waals surface area (Å²) in [6.07, 6.45) is 1.71. The summed E-state index contributed by atoms with van der Waals surface area (Å²) in [5, 5.41) is 3.61. The van der Waals surface area contributed by atoms with Crippen LogP contribution in [0.3, 0.4) is 0 Å². The lowest BCUT2D eigenvalue weighted by Gasteiger charge is -2.29. The molecule has 2 atom stereocenters. The lowest BCUT2D eigenvalue weighted by Crippen LogP contribution is -2.49. The number of halogens is 1. The molecule has 5 nitrogen and oxygen atoms in total. The van der Waals surface area contributed by atoms with Gasteiger partial charge in [-0.25, -0.2) is 0 Å². The summed E-state index contributed by atoms with van der Waals surface area (Å²) in [5.74, 6) is 0.560. The van der Waals surface area contributed by atoms with Crippen molar-refractivity contribution in [3.05, 3.63) is 65.2 Å². The third-order valence-electron chi connectivity index (χ3n) is 4.98. The molecule has 0 aliphatic rings. The lowest BCUT2D eigenvalue weighted by molar-refractivity contribution is -0.141. The van der Waals surface area contributed by atoms with E-state index in [1.54, 1.807) is 24.0 Å². The minimum atomic E-state index is -0.572. The first-order valence-electron chi connectivity index (χ1n) is 10.4. The van der Waals surface area contributed by atoms with Crippen molar-refractivity contribution in [1.82, 2.24) is 10.2 Å². The molecule has 1 N–H and O–H groups in total. The third-order valence-corrected chi connectivity index (χ3v) is 5.23. The maximum Gasteiger partial charge on any atom is 0.242 e. The molecule has 2 rings (SSSR count). The topological polar surface area (TPSA) is 58.6 Å². The number of hydrogen-bond acceptors (Lipinski definition) is 3. The number of nitrogens with one attached hydrogen (secondary N) is 1. The fourth-order valence-electron chi connectivity index (χ4n) is 2.91. The van der Waals surface area contributed by atoms with Gasteiger partial charge in [0.25, 0.3) is 0 Å². The van der Waals surface area contributed by atoms with E-state index >= 15 is 0 Å². The fourth-order valence-corrected chi connectivity index (χ4v) is 3.03. The van der Waals surface area contributed by atoms with Crippen molar-refractivity contribution in [3.8, 4) is 5.75 Å². The second-order valence-electron chi connectivity index (χ2n) is 7.41. The van der Waals surface area contributed by atoms with Crippen molar-refractivity contribution < 1.29 is 14.3 Å². The van der Waals surface area contributed by atoms with Gasteiger partial charge in [-0.1, -0.05) is 48.9 Å². The van der Waals surface area contributed by atoms with E-state index in [0.29, 0.717) is 31.0 Å². The summed E-state index contributed by atoms with van der Waals surface area (Å²) < 4.78 is 5.68. The molecule has 6 heteroatoms. The van der Waals surface area contributed by atoms with E-state index in [2.05, 4.69) is 5.32 Å². The van der Waals surface area contributed by atoms with E-state index in [9.17, 15) is 9.59 Å². The first-order valence-corrected chi connectivity index (χ1v) is 10.8. The zero-order chi connectivity index (χ0) is 21.9. The highest BCUT2D eigenvalue weighted by atomic mass is 35.5. The van der Waals surface area contributed by atoms with Crippen molar-refractivity contribution in [2.24, 2.45) is 0 Å². The highest BCUT2D eigenvalue weighted by molar-refractivity contribution is 6.30. The predicted molar refractivity (Wildman–Crippen MR) is 121 cm³/mol. The average Bonchev–Trinajstić information content (AvgIpc) is 2.76. The van der Waals surface area contributed by atoms with Crippen LogP contribution < -0.4 is 10.1 Å². The Balaban J connectivity index is 2.00. The zero-order valence-corrected chi connectivity index (χ0v) is 18.7. The summed E-state index contributed by atoms with van der Waals surface area (Å²) in [6.45, 7) is 6.53. The Morgan fingerprint density at radius 1 is 1.07 bits per heavy atom. The lowest BCUT2D eigenvalue weighted by atomic mass is 10.1. The standard InChI is InChI=1S/C24H31ClN2O3/c1-4-18(2)26-24(29)19(3)27(17-20-12-14-21(25)15-13-20)23(28)11-8-16-30-22-9-6-5-7-10-22/h5-7,9-10,12-15,18-19H,4,8,11,16-17H2,1-3H3,(H,26,29)/t18-,19-/m1/s1. The summed E-state index contributed by atoms with van der Waals surface area (Å²) in [6, 6.07) is 16.3. The molecule has 0 aliphatic heterocycles. The molecule has 0 saturated carbocycles. The molecular weight excluding hydrogens is 400 g/mol. The molecule has 2 aromatic rings. The normalized spacial score (nSPS) is 12.7. The van der Waals surface area contributed by atoms with Crippen LogP contribution in [0.4, 0.5) is 0 Å². The Kier molecular flexibility index (Phi) is 9.68. The molecule has 2 amide bonds. The number of carbonyl (C=O) groups excluding carboxylic acids is 2. The van der Waals surface area contributed by atoms with Crippen LogP contribution in [0.15, 0.2) is 54.6 Å². The second kappa shape index (κ2) is 12.2. The van der Waals surface area contributed by atoms with E-state index in [0.717, 1.165) is 17.7 Å². The monoisotopic (exact) mass is 430 g/mol. The molecule has 0 saturated heterocycles. The number of amides is 2. The average molecular weight is 431 g/mol. The smallest absolute Gasteiger partial charge is 0.242 e. The predicted octanol–water partition coefficient (Wildman–Crippen LogP) is 4.83. The summed E-state index contributed by atoms with van der Waals surface area (Å²) in [5.41, 5.74) is 0.927. The van der Waals surface area contributed by atoms with Gasteiger partial charge in [0.15, 0.2) is 0 Å². The van der Waals surface area contributed by atoms with Crippen LogP contribution in [0, 0.1) is 0 Å². The SMILES string of the molecule is CC[C@@H](C)NC(=O)[C@@H](C)N(Cc1ccc(Cl)cc1)C(=O)CCCOc1ccccc1. The van der Waals surface area contributed by atoms with Crippen LogP contribution in [0.2, 0.25) is 5.02 Å². The number of hydrogen-bond donors (Lipinski definition) is 1. The highest BCUT2D eigenvalue weighted by Gasteiger charge is 2.26. The van der Waals surface area contributed by atoms with Gasteiger partial charge in [0, 0.05) is 24.0 Å². The van der Waals surface area contributed by atoms with Crippen molar-refractivity contribution in [3.63, 3.8) is 0 Å². The van der Waals surface area contributed by atoms with Gasteiger partial charge in [0.2, 0.25) is 11.8 Å². The van der Waals surface area contributed by atoms with Crippen molar-refractivity contribution in [1.29, 1.82) is 0 Å². The van der Waals surface area contributed by atoms with Crippen LogP contribution in [0.25, 0.3) is 0 Å². The van der Waals surface area contributed by atoms with Crippen molar-refractivity contribution >= 4 is 23.4 Å². The van der Waals surface area contributed by atoms with Gasteiger partial charge in [-0.3, -0.25) is 9.59 Å². The van der Waals surface area contributed by atoms with Gasteiger partial charge in [-0.15, -0.1) is 0 Å². The van der Waals surface area contributed by atoms with Crippen LogP contribution in [-0.2, 0) is 16.1 Å². The zero-order valence-electron chi connectivity index (χ0n) is 17.9.